The first-order valence-corrected chi connectivity index (χ1v) is 9.68. The zero-order valence-corrected chi connectivity index (χ0v) is 17.0. The molecule has 0 aliphatic carbocycles. The van der Waals surface area contributed by atoms with Crippen LogP contribution in [0.15, 0.2) is 36.8 Å². The number of piperidine rings is 1. The summed E-state index contributed by atoms with van der Waals surface area (Å²) in [6.45, 7) is -2.91. The van der Waals surface area contributed by atoms with Crippen molar-refractivity contribution in [3.05, 3.63) is 58.2 Å². The second-order valence-corrected chi connectivity index (χ2v) is 7.27. The number of halogens is 3. The molecule has 0 amide bonds. The Morgan fingerprint density at radius 1 is 1.33 bits per heavy atom. The Kier molecular flexibility index (Phi) is 4.06. The molecule has 0 radical (unpaired) electrons. The van der Waals surface area contributed by atoms with Gasteiger partial charge in [-0.25, -0.2) is 9.37 Å². The van der Waals surface area contributed by atoms with Gasteiger partial charge in [0.1, 0.15) is 11.9 Å². The van der Waals surface area contributed by atoms with E-state index in [4.69, 9.17) is 43.3 Å². The van der Waals surface area contributed by atoms with E-state index in [2.05, 4.69) is 15.4 Å². The van der Waals surface area contributed by atoms with Gasteiger partial charge in [0.05, 0.1) is 17.3 Å². The molecule has 3 heterocycles. The minimum Gasteiger partial charge on any atom is -0.482 e. The minimum absolute atomic E-state index is 0.0461. The van der Waals surface area contributed by atoms with Crippen LogP contribution in [0, 0.1) is 5.82 Å². The fourth-order valence-corrected chi connectivity index (χ4v) is 3.53. The maximum atomic E-state index is 14.1. The summed E-state index contributed by atoms with van der Waals surface area (Å²) in [5.74, 6) is -1.17. The number of nitrogen functional groups attached to an aromatic ring is 1. The molecule has 0 unspecified atom stereocenters. The lowest BCUT2D eigenvalue weighted by Crippen LogP contribution is -2.29. The molecule has 3 aromatic rings. The predicted octanol–water partition coefficient (Wildman–Crippen LogP) is 5.04. The molecule has 2 aromatic heterocycles. The molecule has 3 N–H and O–H groups in total. The molecule has 1 aliphatic heterocycles. The Balaban J connectivity index is 1.71. The van der Waals surface area contributed by atoms with Gasteiger partial charge in [-0.3, -0.25) is 4.68 Å². The summed E-state index contributed by atoms with van der Waals surface area (Å²) in [6, 6.07) is 2.37. The molecule has 1 fully saturated rings. The third-order valence-corrected chi connectivity index (χ3v) is 5.22. The van der Waals surface area contributed by atoms with Crippen LogP contribution in [-0.4, -0.2) is 27.9 Å². The quantitative estimate of drug-likeness (QED) is 0.525. The average molecular weight is 457 g/mol. The van der Waals surface area contributed by atoms with Crippen molar-refractivity contribution >= 4 is 29.0 Å². The van der Waals surface area contributed by atoms with Gasteiger partial charge in [0.25, 0.3) is 0 Å². The first-order valence-electron chi connectivity index (χ1n) is 12.4. The molecule has 158 valence electrons. The van der Waals surface area contributed by atoms with E-state index >= 15 is 0 Å². The highest BCUT2D eigenvalue weighted by Gasteiger charge is 2.21. The minimum atomic E-state index is -2.82. The van der Waals surface area contributed by atoms with E-state index in [1.54, 1.807) is 0 Å². The van der Waals surface area contributed by atoms with Crippen molar-refractivity contribution in [2.24, 2.45) is 0 Å². The van der Waals surface area contributed by atoms with Gasteiger partial charge in [-0.2, -0.15) is 5.10 Å². The van der Waals surface area contributed by atoms with Crippen LogP contribution in [0.25, 0.3) is 11.1 Å². The van der Waals surface area contributed by atoms with E-state index in [1.165, 1.54) is 35.4 Å². The normalized spacial score (nSPS) is 23.1. The number of rotatable bonds is 5. The Hall–Kier alpha value is -2.35. The van der Waals surface area contributed by atoms with Crippen molar-refractivity contribution < 1.29 is 18.7 Å². The fraction of sp³-hybridized carbons (Fsp3) is 0.333. The fourth-order valence-electron chi connectivity index (χ4n) is 2.96. The van der Waals surface area contributed by atoms with Gasteiger partial charge < -0.3 is 15.8 Å². The molecule has 0 spiro atoms. The second-order valence-electron chi connectivity index (χ2n) is 6.49. The smallest absolute Gasteiger partial charge is 0.166 e. The molecular weight excluding hydrogens is 428 g/mol. The highest BCUT2D eigenvalue weighted by molar-refractivity contribution is 6.36. The summed E-state index contributed by atoms with van der Waals surface area (Å²) in [5, 5.41) is 6.33. The molecular formula is C21H22Cl2FN5O. The van der Waals surface area contributed by atoms with Crippen LogP contribution in [-0.2, 0) is 0 Å². The highest BCUT2D eigenvalue weighted by Crippen LogP contribution is 2.37. The number of pyridine rings is 1. The number of hydrogen-bond acceptors (Lipinski definition) is 5. The first kappa shape index (κ1) is 13.9. The van der Waals surface area contributed by atoms with Crippen molar-refractivity contribution in [2.45, 2.75) is 31.7 Å². The maximum Gasteiger partial charge on any atom is 0.166 e. The lowest BCUT2D eigenvalue weighted by Gasteiger charge is -2.22. The Morgan fingerprint density at radius 2 is 2.13 bits per heavy atom. The molecule has 6 nitrogen and oxygen atoms in total. The van der Waals surface area contributed by atoms with Crippen molar-refractivity contribution in [1.82, 2.24) is 20.1 Å². The van der Waals surface area contributed by atoms with E-state index in [9.17, 15) is 4.39 Å². The molecule has 9 heteroatoms. The standard InChI is InChI=1S/C21H22Cl2FN5O/c1-12(19-16(22)2-3-17(24)20(19)23)30-18-8-13(9-27-21(18)25)14-10-28-29(11-14)15-4-6-26-7-5-15/h2-3,8-12,15,26H,4-7H2,1H3,(H2,25,27)/t12-/m1/s1/i1D3,4D2,5D2. The lowest BCUT2D eigenvalue weighted by molar-refractivity contribution is 0.227. The molecule has 4 rings (SSSR count). The van der Waals surface area contributed by atoms with Crippen LogP contribution in [0.4, 0.5) is 10.2 Å². The molecule has 0 saturated carbocycles. The highest BCUT2D eigenvalue weighted by atomic mass is 35.5. The number of ether oxygens (including phenoxy) is 1. The molecule has 1 aromatic carbocycles. The van der Waals surface area contributed by atoms with Gasteiger partial charge in [-0.15, -0.1) is 0 Å². The Bertz CT molecular complexity index is 1300. The summed E-state index contributed by atoms with van der Waals surface area (Å²) >= 11 is 12.2. The molecule has 0 bridgehead atoms. The maximum absolute atomic E-state index is 14.1. The zero-order valence-electron chi connectivity index (χ0n) is 22.5. The van der Waals surface area contributed by atoms with Crippen LogP contribution in [0.1, 0.15) is 46.9 Å². The van der Waals surface area contributed by atoms with E-state index in [0.29, 0.717) is 11.1 Å². The third-order valence-electron chi connectivity index (χ3n) is 4.51. The summed E-state index contributed by atoms with van der Waals surface area (Å²) in [4.78, 5) is 4.06. The van der Waals surface area contributed by atoms with Crippen LogP contribution < -0.4 is 15.8 Å². The van der Waals surface area contributed by atoms with E-state index in [-0.39, 0.29) is 35.2 Å². The van der Waals surface area contributed by atoms with Gasteiger partial charge in [-0.05, 0) is 50.9 Å². The lowest BCUT2D eigenvalue weighted by atomic mass is 10.1. The Labute approximate surface area is 194 Å². The van der Waals surface area contributed by atoms with Gasteiger partial charge >= 0.3 is 0 Å². The van der Waals surface area contributed by atoms with E-state index in [0.717, 1.165) is 6.07 Å². The van der Waals surface area contributed by atoms with Crippen LogP contribution >= 0.6 is 23.2 Å². The Morgan fingerprint density at radius 3 is 2.90 bits per heavy atom. The van der Waals surface area contributed by atoms with Crippen LogP contribution in [0.5, 0.6) is 5.75 Å². The number of nitrogens with two attached hydrogens (primary N) is 1. The first-order chi connectivity index (χ1) is 17.1. The van der Waals surface area contributed by atoms with Crippen LogP contribution in [0.2, 0.25) is 10.0 Å². The number of hydrogen-bond donors (Lipinski definition) is 2. The van der Waals surface area contributed by atoms with Gasteiger partial charge in [0.15, 0.2) is 11.6 Å². The van der Waals surface area contributed by atoms with Gasteiger partial charge in [0, 0.05) is 43.7 Å². The van der Waals surface area contributed by atoms with Gasteiger partial charge in [-0.1, -0.05) is 23.2 Å². The molecule has 1 atom stereocenters. The number of aromatic nitrogens is 3. The summed E-state index contributed by atoms with van der Waals surface area (Å²) in [6.07, 6.45) is -1.39. The summed E-state index contributed by atoms with van der Waals surface area (Å²) < 4.78 is 78.0. The average Bonchev–Trinajstić information content (AvgIpc) is 3.24. The van der Waals surface area contributed by atoms with Crippen molar-refractivity contribution in [3.8, 4) is 16.9 Å². The molecule has 1 saturated heterocycles. The van der Waals surface area contributed by atoms with Crippen molar-refractivity contribution in [1.29, 1.82) is 0 Å². The third kappa shape index (κ3) is 4.24. The number of anilines is 1. The molecule has 30 heavy (non-hydrogen) atoms. The topological polar surface area (TPSA) is 78.0 Å². The molecule has 1 aliphatic rings. The number of benzene rings is 1. The number of nitrogens with zero attached hydrogens (tertiary/aromatic N) is 3. The van der Waals surface area contributed by atoms with Crippen molar-refractivity contribution in [2.75, 3.05) is 18.8 Å². The summed E-state index contributed by atoms with van der Waals surface area (Å²) in [7, 11) is 0. The SMILES string of the molecule is [2H]C1([2H])CNCC([2H])([2H])C1n1cc(-c2cnc(N)c(O[C@@H](c3c(Cl)ccc(F)c3Cl)C([2H])([2H])[2H])c2)cn1. The zero-order chi connectivity index (χ0) is 27.3. The summed E-state index contributed by atoms with van der Waals surface area (Å²) in [5.41, 5.74) is 6.49. The number of nitrogens with one attached hydrogen (secondary N) is 1. The second kappa shape index (κ2) is 8.79. The van der Waals surface area contributed by atoms with Gasteiger partial charge in [0.2, 0.25) is 0 Å². The largest absolute Gasteiger partial charge is 0.482 e. The van der Waals surface area contributed by atoms with E-state index in [1.807, 2.05) is 0 Å². The van der Waals surface area contributed by atoms with Crippen molar-refractivity contribution in [3.63, 3.8) is 0 Å². The van der Waals surface area contributed by atoms with E-state index < -0.39 is 42.6 Å². The predicted molar refractivity (Wildman–Crippen MR) is 116 cm³/mol. The van der Waals surface area contributed by atoms with Crippen LogP contribution in [0.3, 0.4) is 0 Å². The monoisotopic (exact) mass is 456 g/mol.